The lowest BCUT2D eigenvalue weighted by molar-refractivity contribution is -0.128. The zero-order valence-electron chi connectivity index (χ0n) is 18.5. The van der Waals surface area contributed by atoms with Gasteiger partial charge in [0.25, 0.3) is 0 Å². The second kappa shape index (κ2) is 11.5. The van der Waals surface area contributed by atoms with Gasteiger partial charge < -0.3 is 27.2 Å². The minimum Gasteiger partial charge on any atom is -0.508 e. The first kappa shape index (κ1) is 24.4. The molecule has 0 radical (unpaired) electrons. The van der Waals surface area contributed by atoms with Gasteiger partial charge in [-0.2, -0.15) is 0 Å². The fourth-order valence-electron chi connectivity index (χ4n) is 3.60. The van der Waals surface area contributed by atoms with Crippen molar-refractivity contribution in [1.29, 1.82) is 0 Å². The third kappa shape index (κ3) is 8.03. The predicted octanol–water partition coefficient (Wildman–Crippen LogP) is 1.46. The number of benzene rings is 2. The van der Waals surface area contributed by atoms with Gasteiger partial charge in [0.2, 0.25) is 11.8 Å². The number of carbonyl (C=O) groups is 2. The van der Waals surface area contributed by atoms with Crippen LogP contribution < -0.4 is 22.1 Å². The SMILES string of the molecule is Cc1cc(O)cc(C)c1CC(N)CC(=O)NC(C)C(=O)NCC(N)Cc1ccccc1. The van der Waals surface area contributed by atoms with Crippen LogP contribution in [0.5, 0.6) is 5.75 Å². The predicted molar refractivity (Wildman–Crippen MR) is 123 cm³/mol. The summed E-state index contributed by atoms with van der Waals surface area (Å²) >= 11 is 0. The highest BCUT2D eigenvalue weighted by molar-refractivity contribution is 5.87. The highest BCUT2D eigenvalue weighted by Crippen LogP contribution is 2.22. The van der Waals surface area contributed by atoms with E-state index in [2.05, 4.69) is 10.6 Å². The van der Waals surface area contributed by atoms with Crippen LogP contribution in [-0.4, -0.2) is 41.6 Å². The largest absolute Gasteiger partial charge is 0.508 e. The molecule has 0 saturated heterocycles. The number of phenolic OH excluding ortho intramolecular Hbond substituents is 1. The normalized spacial score (nSPS) is 13.8. The smallest absolute Gasteiger partial charge is 0.242 e. The van der Waals surface area contributed by atoms with Gasteiger partial charge in [-0.05, 0) is 68.0 Å². The van der Waals surface area contributed by atoms with E-state index in [9.17, 15) is 14.7 Å². The number of amides is 2. The van der Waals surface area contributed by atoms with Crippen molar-refractivity contribution in [3.8, 4) is 5.75 Å². The molecule has 0 spiro atoms. The average Bonchev–Trinajstić information content (AvgIpc) is 2.69. The molecular formula is C24H34N4O3. The van der Waals surface area contributed by atoms with Crippen LogP contribution in [-0.2, 0) is 22.4 Å². The zero-order chi connectivity index (χ0) is 23.0. The van der Waals surface area contributed by atoms with E-state index in [1.807, 2.05) is 44.2 Å². The first-order valence-corrected chi connectivity index (χ1v) is 10.6. The number of phenols is 1. The monoisotopic (exact) mass is 426 g/mol. The minimum atomic E-state index is -0.680. The second-order valence-corrected chi connectivity index (χ2v) is 8.21. The second-order valence-electron chi connectivity index (χ2n) is 8.21. The minimum absolute atomic E-state index is 0.102. The molecule has 0 aliphatic heterocycles. The summed E-state index contributed by atoms with van der Waals surface area (Å²) in [7, 11) is 0. The third-order valence-electron chi connectivity index (χ3n) is 5.24. The van der Waals surface area contributed by atoms with Gasteiger partial charge in [0.15, 0.2) is 0 Å². The van der Waals surface area contributed by atoms with E-state index in [4.69, 9.17) is 11.5 Å². The van der Waals surface area contributed by atoms with Gasteiger partial charge in [-0.25, -0.2) is 0 Å². The van der Waals surface area contributed by atoms with E-state index < -0.39 is 12.1 Å². The van der Waals surface area contributed by atoms with Crippen LogP contribution in [0.3, 0.4) is 0 Å². The number of rotatable bonds is 10. The van der Waals surface area contributed by atoms with Crippen LogP contribution in [0.2, 0.25) is 0 Å². The summed E-state index contributed by atoms with van der Waals surface area (Å²) in [5, 5.41) is 15.1. The molecule has 0 bridgehead atoms. The number of hydrogen-bond acceptors (Lipinski definition) is 5. The number of carbonyl (C=O) groups excluding carboxylic acids is 2. The van der Waals surface area contributed by atoms with Gasteiger partial charge in [0, 0.05) is 25.0 Å². The number of aryl methyl sites for hydroxylation is 2. The van der Waals surface area contributed by atoms with Crippen molar-refractivity contribution in [2.75, 3.05) is 6.54 Å². The summed E-state index contributed by atoms with van der Waals surface area (Å²) in [6.07, 6.45) is 1.28. The third-order valence-corrected chi connectivity index (χ3v) is 5.24. The van der Waals surface area contributed by atoms with E-state index in [0.29, 0.717) is 19.4 Å². The lowest BCUT2D eigenvalue weighted by Gasteiger charge is -2.19. The molecule has 7 N–H and O–H groups in total. The highest BCUT2D eigenvalue weighted by atomic mass is 16.3. The fraction of sp³-hybridized carbons (Fsp3) is 0.417. The van der Waals surface area contributed by atoms with Gasteiger partial charge in [-0.15, -0.1) is 0 Å². The Bertz CT molecular complexity index is 863. The highest BCUT2D eigenvalue weighted by Gasteiger charge is 2.19. The molecule has 0 aliphatic carbocycles. The number of aromatic hydroxyl groups is 1. The van der Waals surface area contributed by atoms with Crippen LogP contribution in [0.25, 0.3) is 0 Å². The van der Waals surface area contributed by atoms with Crippen molar-refractivity contribution in [2.45, 2.75) is 58.2 Å². The summed E-state index contributed by atoms with van der Waals surface area (Å²) in [6, 6.07) is 11.9. The maximum Gasteiger partial charge on any atom is 0.242 e. The fourth-order valence-corrected chi connectivity index (χ4v) is 3.60. The molecule has 7 heteroatoms. The van der Waals surface area contributed by atoms with Gasteiger partial charge in [-0.3, -0.25) is 9.59 Å². The summed E-state index contributed by atoms with van der Waals surface area (Å²) < 4.78 is 0. The van der Waals surface area contributed by atoms with Gasteiger partial charge in [0.1, 0.15) is 11.8 Å². The van der Waals surface area contributed by atoms with Gasteiger partial charge >= 0.3 is 0 Å². The Morgan fingerprint density at radius 3 is 2.23 bits per heavy atom. The van der Waals surface area contributed by atoms with Crippen molar-refractivity contribution in [3.63, 3.8) is 0 Å². The molecular weight excluding hydrogens is 392 g/mol. The van der Waals surface area contributed by atoms with Crippen molar-refractivity contribution in [3.05, 3.63) is 64.7 Å². The topological polar surface area (TPSA) is 130 Å². The summed E-state index contributed by atoms with van der Waals surface area (Å²) in [5.74, 6) is -0.345. The lowest BCUT2D eigenvalue weighted by atomic mass is 9.95. The van der Waals surface area contributed by atoms with Crippen LogP contribution in [0.15, 0.2) is 42.5 Å². The first-order valence-electron chi connectivity index (χ1n) is 10.6. The van der Waals surface area contributed by atoms with E-state index in [1.165, 1.54) is 0 Å². The average molecular weight is 427 g/mol. The van der Waals surface area contributed by atoms with Crippen molar-refractivity contribution in [2.24, 2.45) is 11.5 Å². The van der Waals surface area contributed by atoms with Crippen LogP contribution in [0.1, 0.15) is 35.6 Å². The molecule has 7 nitrogen and oxygen atoms in total. The molecule has 3 atom stereocenters. The van der Waals surface area contributed by atoms with Crippen LogP contribution in [0, 0.1) is 13.8 Å². The van der Waals surface area contributed by atoms with Crippen LogP contribution in [0.4, 0.5) is 0 Å². The van der Waals surface area contributed by atoms with Crippen molar-refractivity contribution >= 4 is 11.8 Å². The summed E-state index contributed by atoms with van der Waals surface area (Å²) in [4.78, 5) is 24.6. The van der Waals surface area contributed by atoms with Gasteiger partial charge in [-0.1, -0.05) is 30.3 Å². The Morgan fingerprint density at radius 2 is 1.61 bits per heavy atom. The molecule has 2 amide bonds. The Hall–Kier alpha value is -2.90. The van der Waals surface area contributed by atoms with Crippen LogP contribution >= 0.6 is 0 Å². The Morgan fingerprint density at radius 1 is 1.00 bits per heavy atom. The number of nitrogens with two attached hydrogens (primary N) is 2. The van der Waals surface area contributed by atoms with Crippen molar-refractivity contribution < 1.29 is 14.7 Å². The van der Waals surface area contributed by atoms with E-state index in [0.717, 1.165) is 22.3 Å². The summed E-state index contributed by atoms with van der Waals surface area (Å²) in [6.45, 7) is 5.77. The number of nitrogens with one attached hydrogen (secondary N) is 2. The first-order chi connectivity index (χ1) is 14.7. The molecule has 3 unspecified atom stereocenters. The zero-order valence-corrected chi connectivity index (χ0v) is 18.5. The molecule has 31 heavy (non-hydrogen) atoms. The molecule has 2 aromatic carbocycles. The molecule has 2 aromatic rings. The Labute approximate surface area is 184 Å². The van der Waals surface area contributed by atoms with Gasteiger partial charge in [0.05, 0.1) is 0 Å². The summed E-state index contributed by atoms with van der Waals surface area (Å²) in [5.41, 5.74) is 16.3. The standard InChI is InChI=1S/C24H34N4O3/c1-15-9-21(29)10-16(2)22(15)12-19(25)13-23(30)28-17(3)24(31)27-14-20(26)11-18-7-5-4-6-8-18/h4-10,17,19-20,29H,11-14,25-26H2,1-3H3,(H,27,31)(H,28,30). The molecule has 168 valence electrons. The Balaban J connectivity index is 1.76. The quantitative estimate of drug-likeness (QED) is 0.393. The molecule has 0 fully saturated rings. The lowest BCUT2D eigenvalue weighted by Crippen LogP contribution is -2.49. The van der Waals surface area contributed by atoms with E-state index >= 15 is 0 Å². The maximum absolute atomic E-state index is 12.3. The molecule has 2 rings (SSSR count). The molecule has 0 aliphatic rings. The molecule has 0 saturated carbocycles. The molecule has 0 heterocycles. The molecule has 0 aromatic heterocycles. The van der Waals surface area contributed by atoms with Crippen molar-refractivity contribution in [1.82, 2.24) is 10.6 Å². The Kier molecular flexibility index (Phi) is 9.03. The van der Waals surface area contributed by atoms with E-state index in [-0.39, 0.29) is 30.0 Å². The maximum atomic E-state index is 12.3. The van der Waals surface area contributed by atoms with E-state index in [1.54, 1.807) is 19.1 Å². The number of hydrogen-bond donors (Lipinski definition) is 5.